The zero-order valence-corrected chi connectivity index (χ0v) is 15.9. The number of aromatic amines is 1. The number of H-pyrrole nitrogens is 1. The molecule has 0 radical (unpaired) electrons. The van der Waals surface area contributed by atoms with Crippen molar-refractivity contribution in [2.24, 2.45) is 0 Å². The van der Waals surface area contributed by atoms with Crippen LogP contribution in [0.2, 0.25) is 0 Å². The van der Waals surface area contributed by atoms with Gasteiger partial charge in [-0.25, -0.2) is 4.79 Å². The van der Waals surface area contributed by atoms with Gasteiger partial charge in [-0.2, -0.15) is 5.10 Å². The van der Waals surface area contributed by atoms with Crippen LogP contribution >= 0.6 is 12.2 Å². The average molecular weight is 394 g/mol. The van der Waals surface area contributed by atoms with Gasteiger partial charge in [-0.3, -0.25) is 15.2 Å². The topological polar surface area (TPSA) is 96.1 Å². The van der Waals surface area contributed by atoms with Crippen LogP contribution in [-0.2, 0) is 4.74 Å². The molecule has 0 spiro atoms. The molecule has 0 aliphatic rings. The van der Waals surface area contributed by atoms with Gasteiger partial charge in [0.05, 0.1) is 12.3 Å². The number of carbonyl (C=O) groups is 2. The van der Waals surface area contributed by atoms with Crippen molar-refractivity contribution in [2.45, 2.75) is 6.92 Å². The first-order valence-electron chi connectivity index (χ1n) is 8.58. The van der Waals surface area contributed by atoms with Gasteiger partial charge in [0.2, 0.25) is 0 Å². The van der Waals surface area contributed by atoms with Crippen molar-refractivity contribution in [3.05, 3.63) is 71.8 Å². The lowest BCUT2D eigenvalue weighted by atomic mass is 10.1. The molecule has 1 heterocycles. The molecule has 0 aliphatic heterocycles. The number of hydrogen-bond acceptors (Lipinski definition) is 5. The zero-order chi connectivity index (χ0) is 19.9. The Bertz CT molecular complexity index is 987. The Labute approximate surface area is 167 Å². The second-order valence-corrected chi connectivity index (χ2v) is 6.09. The number of nitrogens with one attached hydrogen (secondary N) is 3. The van der Waals surface area contributed by atoms with Crippen LogP contribution in [0.5, 0.6) is 0 Å². The van der Waals surface area contributed by atoms with Crippen molar-refractivity contribution < 1.29 is 14.3 Å². The molecular formula is C20H18N4O3S. The molecule has 142 valence electrons. The van der Waals surface area contributed by atoms with Crippen LogP contribution in [0.15, 0.2) is 60.7 Å². The number of benzene rings is 2. The number of esters is 1. The summed E-state index contributed by atoms with van der Waals surface area (Å²) in [5, 5.41) is 12.4. The van der Waals surface area contributed by atoms with Crippen molar-refractivity contribution in [1.29, 1.82) is 0 Å². The molecule has 0 aliphatic carbocycles. The fourth-order valence-corrected chi connectivity index (χ4v) is 2.74. The number of hydrogen-bond donors (Lipinski definition) is 3. The van der Waals surface area contributed by atoms with Crippen molar-refractivity contribution in [3.63, 3.8) is 0 Å². The molecule has 0 saturated carbocycles. The summed E-state index contributed by atoms with van der Waals surface area (Å²) in [5.74, 6) is -0.736. The van der Waals surface area contributed by atoms with Crippen LogP contribution < -0.4 is 10.6 Å². The predicted octanol–water partition coefficient (Wildman–Crippen LogP) is 3.38. The molecule has 2 aromatic carbocycles. The summed E-state index contributed by atoms with van der Waals surface area (Å²) >= 11 is 5.20. The van der Waals surface area contributed by atoms with E-state index in [2.05, 4.69) is 20.8 Å². The molecule has 28 heavy (non-hydrogen) atoms. The summed E-state index contributed by atoms with van der Waals surface area (Å²) in [4.78, 5) is 24.7. The molecule has 3 aromatic rings. The fourth-order valence-electron chi connectivity index (χ4n) is 2.55. The lowest BCUT2D eigenvalue weighted by Gasteiger charge is -2.10. The minimum Gasteiger partial charge on any atom is -0.462 e. The van der Waals surface area contributed by atoms with Crippen LogP contribution in [0.1, 0.15) is 27.6 Å². The van der Waals surface area contributed by atoms with Crippen LogP contribution in [-0.4, -0.2) is 33.8 Å². The first-order valence-corrected chi connectivity index (χ1v) is 8.99. The van der Waals surface area contributed by atoms with Crippen molar-refractivity contribution in [1.82, 2.24) is 15.5 Å². The number of thiocarbonyl (C=S) groups is 1. The third-order valence-corrected chi connectivity index (χ3v) is 4.01. The van der Waals surface area contributed by atoms with Crippen LogP contribution in [0.4, 0.5) is 5.82 Å². The minimum absolute atomic E-state index is 0.0190. The van der Waals surface area contributed by atoms with E-state index in [1.807, 2.05) is 36.4 Å². The van der Waals surface area contributed by atoms with Crippen molar-refractivity contribution >= 4 is 35.0 Å². The smallest absolute Gasteiger partial charge is 0.344 e. The summed E-state index contributed by atoms with van der Waals surface area (Å²) in [6.07, 6.45) is 0. The molecule has 7 nitrogen and oxygen atoms in total. The number of aromatic nitrogens is 2. The first kappa shape index (κ1) is 19.2. The number of ether oxygens (including phenoxy) is 1. The van der Waals surface area contributed by atoms with Gasteiger partial charge in [0.1, 0.15) is 5.56 Å². The summed E-state index contributed by atoms with van der Waals surface area (Å²) in [6, 6.07) is 17.9. The largest absolute Gasteiger partial charge is 0.462 e. The maximum atomic E-state index is 12.5. The van der Waals surface area contributed by atoms with E-state index in [1.54, 1.807) is 31.2 Å². The van der Waals surface area contributed by atoms with E-state index in [-0.39, 0.29) is 29.0 Å². The lowest BCUT2D eigenvalue weighted by molar-refractivity contribution is 0.0528. The molecule has 0 saturated heterocycles. The van der Waals surface area contributed by atoms with Crippen LogP contribution in [0.25, 0.3) is 11.3 Å². The Morgan fingerprint density at radius 1 is 1.07 bits per heavy atom. The number of rotatable bonds is 5. The molecule has 1 aromatic heterocycles. The van der Waals surface area contributed by atoms with Crippen molar-refractivity contribution in [2.75, 3.05) is 11.9 Å². The summed E-state index contributed by atoms with van der Waals surface area (Å²) in [5.41, 5.74) is 1.94. The molecule has 0 fully saturated rings. The van der Waals surface area contributed by atoms with E-state index < -0.39 is 5.97 Å². The summed E-state index contributed by atoms with van der Waals surface area (Å²) in [6.45, 7) is 1.94. The normalized spacial score (nSPS) is 10.2. The second kappa shape index (κ2) is 8.92. The molecule has 8 heteroatoms. The van der Waals surface area contributed by atoms with E-state index >= 15 is 0 Å². The molecule has 0 bridgehead atoms. The van der Waals surface area contributed by atoms with Crippen molar-refractivity contribution in [3.8, 4) is 11.3 Å². The Kier molecular flexibility index (Phi) is 6.13. The zero-order valence-electron chi connectivity index (χ0n) is 15.1. The highest BCUT2D eigenvalue weighted by molar-refractivity contribution is 7.80. The third-order valence-electron chi connectivity index (χ3n) is 3.80. The number of amides is 1. The minimum atomic E-state index is -0.546. The maximum absolute atomic E-state index is 12.5. The third kappa shape index (κ3) is 4.41. The van der Waals surface area contributed by atoms with Gasteiger partial charge in [0, 0.05) is 11.1 Å². The van der Waals surface area contributed by atoms with Crippen LogP contribution in [0.3, 0.4) is 0 Å². The van der Waals surface area contributed by atoms with E-state index in [4.69, 9.17) is 17.0 Å². The molecule has 1 amide bonds. The lowest BCUT2D eigenvalue weighted by Crippen LogP contribution is -2.34. The highest BCUT2D eigenvalue weighted by Crippen LogP contribution is 2.27. The molecule has 3 N–H and O–H groups in total. The highest BCUT2D eigenvalue weighted by Gasteiger charge is 2.23. The molecule has 0 atom stereocenters. The predicted molar refractivity (Wildman–Crippen MR) is 110 cm³/mol. The molecule has 0 unspecified atom stereocenters. The Hall–Kier alpha value is -3.52. The van der Waals surface area contributed by atoms with E-state index in [1.165, 1.54) is 0 Å². The highest BCUT2D eigenvalue weighted by atomic mass is 32.1. The number of anilines is 1. The standard InChI is InChI=1S/C20H18N4O3S/c1-2-27-19(26)15-16(13-9-5-3-6-10-13)23-24-17(15)21-20(28)22-18(25)14-11-7-4-8-12-14/h3-12H,2H2,1H3,(H3,21,22,23,24,25,28). The average Bonchev–Trinajstić information content (AvgIpc) is 3.13. The van der Waals surface area contributed by atoms with Gasteiger partial charge >= 0.3 is 5.97 Å². The second-order valence-electron chi connectivity index (χ2n) is 5.68. The Morgan fingerprint density at radius 3 is 2.36 bits per heavy atom. The summed E-state index contributed by atoms with van der Waals surface area (Å²) in [7, 11) is 0. The van der Waals surface area contributed by atoms with E-state index in [9.17, 15) is 9.59 Å². The first-order chi connectivity index (χ1) is 13.6. The van der Waals surface area contributed by atoms with Gasteiger partial charge in [0.15, 0.2) is 10.9 Å². The van der Waals surface area contributed by atoms with Gasteiger partial charge in [-0.05, 0) is 31.3 Å². The Morgan fingerprint density at radius 2 is 1.71 bits per heavy atom. The fraction of sp³-hybridized carbons (Fsp3) is 0.100. The molecular weight excluding hydrogens is 376 g/mol. The SMILES string of the molecule is CCOC(=O)c1c(NC(=S)NC(=O)c2ccccc2)n[nH]c1-c1ccccc1. The van der Waals surface area contributed by atoms with Gasteiger partial charge < -0.3 is 10.1 Å². The van der Waals surface area contributed by atoms with Gasteiger partial charge in [0.25, 0.3) is 5.91 Å². The number of nitrogens with zero attached hydrogens (tertiary/aromatic N) is 1. The van der Waals surface area contributed by atoms with Gasteiger partial charge in [-0.15, -0.1) is 0 Å². The summed E-state index contributed by atoms with van der Waals surface area (Å²) < 4.78 is 5.15. The van der Waals surface area contributed by atoms with Crippen LogP contribution in [0, 0.1) is 0 Å². The maximum Gasteiger partial charge on any atom is 0.344 e. The quantitative estimate of drug-likeness (QED) is 0.454. The van der Waals surface area contributed by atoms with E-state index in [0.29, 0.717) is 11.3 Å². The molecule has 3 rings (SSSR count). The van der Waals surface area contributed by atoms with E-state index in [0.717, 1.165) is 5.56 Å². The Balaban J connectivity index is 1.83. The monoisotopic (exact) mass is 394 g/mol. The number of carbonyl (C=O) groups excluding carboxylic acids is 2. The van der Waals surface area contributed by atoms with Gasteiger partial charge in [-0.1, -0.05) is 48.5 Å².